The van der Waals surface area contributed by atoms with Crippen LogP contribution in [0.25, 0.3) is 5.69 Å². The molecular weight excluding hydrogens is 353 g/mol. The van der Waals surface area contributed by atoms with Crippen LogP contribution in [0.4, 0.5) is 10.1 Å². The van der Waals surface area contributed by atoms with Crippen molar-refractivity contribution in [3.63, 3.8) is 0 Å². The molecule has 0 saturated carbocycles. The van der Waals surface area contributed by atoms with Crippen molar-refractivity contribution in [2.75, 3.05) is 0 Å². The molecule has 2 N–H and O–H groups in total. The molecule has 0 fully saturated rings. The number of nitrogens with zero attached hydrogens (tertiary/aromatic N) is 2. The van der Waals surface area contributed by atoms with Crippen molar-refractivity contribution in [2.45, 2.75) is 13.8 Å². The number of halogens is 1. The fourth-order valence-corrected chi connectivity index (χ4v) is 2.93. The molecule has 0 atom stereocenters. The summed E-state index contributed by atoms with van der Waals surface area (Å²) in [6.07, 6.45) is 1.29. The van der Waals surface area contributed by atoms with Crippen molar-refractivity contribution in [3.05, 3.63) is 80.1 Å². The highest BCUT2D eigenvalue weighted by Crippen LogP contribution is 2.21. The van der Waals surface area contributed by atoms with Crippen molar-refractivity contribution in [3.8, 4) is 11.6 Å². The van der Waals surface area contributed by atoms with Gasteiger partial charge in [0.25, 0.3) is 5.56 Å². The number of H-pyrrole nitrogens is 1. The fourth-order valence-electron chi connectivity index (χ4n) is 2.65. The minimum Gasteiger partial charge on any atom is -0.494 e. The lowest BCUT2D eigenvalue weighted by Gasteiger charge is -2.11. The van der Waals surface area contributed by atoms with Gasteiger partial charge in [-0.15, -0.1) is 0 Å². The molecular formula is C19H16FN3O2S. The third-order valence-corrected chi connectivity index (χ3v) is 4.04. The van der Waals surface area contributed by atoms with Crippen LogP contribution in [0.2, 0.25) is 0 Å². The van der Waals surface area contributed by atoms with E-state index in [2.05, 4.69) is 9.98 Å². The van der Waals surface area contributed by atoms with Gasteiger partial charge >= 0.3 is 0 Å². The Bertz CT molecular complexity index is 1090. The van der Waals surface area contributed by atoms with Crippen LogP contribution in [0, 0.1) is 24.4 Å². The van der Waals surface area contributed by atoms with Gasteiger partial charge in [-0.2, -0.15) is 0 Å². The van der Waals surface area contributed by atoms with Gasteiger partial charge in [-0.1, -0.05) is 6.07 Å². The van der Waals surface area contributed by atoms with Crippen LogP contribution in [0.3, 0.4) is 0 Å². The molecule has 0 bridgehead atoms. The minimum atomic E-state index is -0.556. The number of hydrogen-bond acceptors (Lipinski definition) is 4. The SMILES string of the molecule is Cc1cc(C)cc(N=Cc2c(O)n(-c3ccc(F)cc3)c(=S)[nH]c2=O)c1. The Morgan fingerprint density at radius 1 is 1.15 bits per heavy atom. The summed E-state index contributed by atoms with van der Waals surface area (Å²) < 4.78 is 14.4. The van der Waals surface area contributed by atoms with Gasteiger partial charge in [0, 0.05) is 6.21 Å². The molecule has 3 aromatic rings. The van der Waals surface area contributed by atoms with E-state index in [9.17, 15) is 14.3 Å². The van der Waals surface area contributed by atoms with E-state index in [1.165, 1.54) is 35.0 Å². The fraction of sp³-hybridized carbons (Fsp3) is 0.105. The number of aryl methyl sites for hydroxylation is 2. The van der Waals surface area contributed by atoms with Crippen molar-refractivity contribution >= 4 is 24.1 Å². The molecule has 0 aliphatic heterocycles. The van der Waals surface area contributed by atoms with E-state index in [0.717, 1.165) is 11.1 Å². The van der Waals surface area contributed by atoms with E-state index >= 15 is 0 Å². The Labute approximate surface area is 154 Å². The zero-order chi connectivity index (χ0) is 18.8. The Morgan fingerprint density at radius 3 is 2.38 bits per heavy atom. The van der Waals surface area contributed by atoms with E-state index in [4.69, 9.17) is 12.2 Å². The number of aromatic nitrogens is 2. The van der Waals surface area contributed by atoms with Crippen molar-refractivity contribution in [2.24, 2.45) is 4.99 Å². The second-order valence-electron chi connectivity index (χ2n) is 5.91. The van der Waals surface area contributed by atoms with Crippen LogP contribution in [-0.2, 0) is 0 Å². The van der Waals surface area contributed by atoms with Gasteiger partial charge in [0.15, 0.2) is 4.77 Å². The van der Waals surface area contributed by atoms with E-state index in [-0.39, 0.29) is 16.2 Å². The molecule has 2 aromatic carbocycles. The quantitative estimate of drug-likeness (QED) is 0.539. The van der Waals surface area contributed by atoms with Gasteiger partial charge in [-0.05, 0) is 73.6 Å². The number of aromatic hydroxyl groups is 1. The highest BCUT2D eigenvalue weighted by molar-refractivity contribution is 7.71. The zero-order valence-electron chi connectivity index (χ0n) is 14.2. The predicted molar refractivity (Wildman–Crippen MR) is 102 cm³/mol. The third kappa shape index (κ3) is 3.62. The lowest BCUT2D eigenvalue weighted by molar-refractivity contribution is 0.432. The molecule has 1 heterocycles. The number of rotatable bonds is 3. The first kappa shape index (κ1) is 17.8. The van der Waals surface area contributed by atoms with Crippen molar-refractivity contribution in [1.29, 1.82) is 0 Å². The maximum absolute atomic E-state index is 13.1. The van der Waals surface area contributed by atoms with E-state index in [0.29, 0.717) is 11.4 Å². The topological polar surface area (TPSA) is 70.4 Å². The van der Waals surface area contributed by atoms with E-state index in [1.54, 1.807) is 0 Å². The molecule has 1 aromatic heterocycles. The lowest BCUT2D eigenvalue weighted by atomic mass is 10.1. The molecule has 0 spiro atoms. The summed E-state index contributed by atoms with van der Waals surface area (Å²) >= 11 is 5.12. The summed E-state index contributed by atoms with van der Waals surface area (Å²) in [6.45, 7) is 3.90. The zero-order valence-corrected chi connectivity index (χ0v) is 15.0. The summed E-state index contributed by atoms with van der Waals surface area (Å²) in [4.78, 5) is 19.0. The van der Waals surface area contributed by atoms with Crippen LogP contribution < -0.4 is 5.56 Å². The summed E-state index contributed by atoms with van der Waals surface area (Å²) in [5.74, 6) is -0.778. The normalized spacial score (nSPS) is 11.2. The highest BCUT2D eigenvalue weighted by Gasteiger charge is 2.12. The number of hydrogen-bond donors (Lipinski definition) is 2. The average Bonchev–Trinajstić information content (AvgIpc) is 2.55. The second kappa shape index (κ2) is 7.05. The van der Waals surface area contributed by atoms with Crippen molar-refractivity contribution < 1.29 is 9.50 Å². The summed E-state index contributed by atoms with van der Waals surface area (Å²) in [7, 11) is 0. The van der Waals surface area contributed by atoms with Gasteiger partial charge in [0.05, 0.1) is 11.4 Å². The Morgan fingerprint density at radius 2 is 1.77 bits per heavy atom. The van der Waals surface area contributed by atoms with Crippen LogP contribution in [-0.4, -0.2) is 20.9 Å². The average molecular weight is 369 g/mol. The molecule has 0 saturated heterocycles. The molecule has 0 unspecified atom stereocenters. The highest BCUT2D eigenvalue weighted by atomic mass is 32.1. The number of aliphatic imine (C=N–C) groups is 1. The summed E-state index contributed by atoms with van der Waals surface area (Å²) in [5, 5.41) is 10.6. The monoisotopic (exact) mass is 369 g/mol. The molecule has 26 heavy (non-hydrogen) atoms. The minimum absolute atomic E-state index is 0.00246. The molecule has 0 radical (unpaired) electrons. The Kier molecular flexibility index (Phi) is 4.81. The molecule has 132 valence electrons. The maximum atomic E-state index is 13.1. The molecule has 0 aliphatic rings. The number of nitrogens with one attached hydrogen (secondary N) is 1. The van der Waals surface area contributed by atoms with Crippen LogP contribution in [0.1, 0.15) is 16.7 Å². The van der Waals surface area contributed by atoms with Crippen molar-refractivity contribution in [1.82, 2.24) is 9.55 Å². The van der Waals surface area contributed by atoms with Crippen LogP contribution in [0.15, 0.2) is 52.3 Å². The third-order valence-electron chi connectivity index (χ3n) is 3.75. The lowest BCUT2D eigenvalue weighted by Crippen LogP contribution is -2.18. The smallest absolute Gasteiger partial charge is 0.264 e. The van der Waals surface area contributed by atoms with E-state index < -0.39 is 11.4 Å². The van der Waals surface area contributed by atoms with Gasteiger partial charge in [-0.25, -0.2) is 4.39 Å². The summed E-state index contributed by atoms with van der Waals surface area (Å²) in [6, 6.07) is 11.1. The molecule has 3 rings (SSSR count). The molecule has 7 heteroatoms. The van der Waals surface area contributed by atoms with Gasteiger partial charge in [0.2, 0.25) is 5.88 Å². The van der Waals surface area contributed by atoms with Crippen LogP contribution >= 0.6 is 12.2 Å². The predicted octanol–water partition coefficient (Wildman–Crippen LogP) is 4.11. The summed E-state index contributed by atoms with van der Waals surface area (Å²) in [5.41, 5.74) is 2.57. The first-order chi connectivity index (χ1) is 12.3. The van der Waals surface area contributed by atoms with Crippen LogP contribution in [0.5, 0.6) is 5.88 Å². The number of benzene rings is 2. The Balaban J connectivity index is 2.12. The molecule has 0 aliphatic carbocycles. The molecule has 0 amide bonds. The largest absolute Gasteiger partial charge is 0.494 e. The van der Waals surface area contributed by atoms with Gasteiger partial charge < -0.3 is 5.11 Å². The number of aromatic amines is 1. The van der Waals surface area contributed by atoms with Gasteiger partial charge in [-0.3, -0.25) is 19.3 Å². The van der Waals surface area contributed by atoms with E-state index in [1.807, 2.05) is 32.0 Å². The maximum Gasteiger partial charge on any atom is 0.264 e. The second-order valence-corrected chi connectivity index (χ2v) is 6.30. The standard InChI is InChI=1S/C19H16FN3O2S/c1-11-7-12(2)9-14(8-11)21-10-16-17(24)22-19(26)23(18(16)25)15-5-3-13(20)4-6-15/h3-10,25H,1-2H3,(H,22,24,26). The first-order valence-electron chi connectivity index (χ1n) is 7.82. The Hall–Kier alpha value is -3.06. The first-order valence-corrected chi connectivity index (χ1v) is 8.22. The van der Waals surface area contributed by atoms with Gasteiger partial charge in [0.1, 0.15) is 11.4 Å². The molecule has 5 nitrogen and oxygen atoms in total.